The zero-order chi connectivity index (χ0) is 14.5. The lowest BCUT2D eigenvalue weighted by molar-refractivity contribution is 0.139. The minimum atomic E-state index is 0.189. The van der Waals surface area contributed by atoms with Crippen LogP contribution in [0.1, 0.15) is 25.3 Å². The number of methoxy groups -OCH3 is 1. The lowest BCUT2D eigenvalue weighted by atomic mass is 9.96. The molecule has 2 N–H and O–H groups in total. The molecule has 1 unspecified atom stereocenters. The number of anilines is 1. The van der Waals surface area contributed by atoms with E-state index in [2.05, 4.69) is 46.0 Å². The Morgan fingerprint density at radius 3 is 2.70 bits per heavy atom. The van der Waals surface area contributed by atoms with Crippen LogP contribution in [0.25, 0.3) is 0 Å². The first kappa shape index (κ1) is 15.8. The van der Waals surface area contributed by atoms with E-state index in [0.717, 1.165) is 30.6 Å². The van der Waals surface area contributed by atoms with E-state index in [1.807, 2.05) is 0 Å². The molecule has 1 heterocycles. The molecule has 1 saturated heterocycles. The molecule has 1 aliphatic heterocycles. The normalized spacial score (nSPS) is 18.3. The zero-order valence-corrected chi connectivity index (χ0v) is 14.0. The van der Waals surface area contributed by atoms with Crippen molar-refractivity contribution >= 4 is 21.6 Å². The molecule has 1 aliphatic rings. The van der Waals surface area contributed by atoms with Gasteiger partial charge in [-0.1, -0.05) is 15.9 Å². The zero-order valence-electron chi connectivity index (χ0n) is 12.4. The second kappa shape index (κ2) is 7.43. The third kappa shape index (κ3) is 4.21. The van der Waals surface area contributed by atoms with E-state index in [4.69, 9.17) is 10.5 Å². The highest BCUT2D eigenvalue weighted by atomic mass is 79.9. The van der Waals surface area contributed by atoms with Gasteiger partial charge in [0, 0.05) is 43.0 Å². The van der Waals surface area contributed by atoms with Crippen LogP contribution in [-0.2, 0) is 11.2 Å². The SMILES string of the molecule is COCC1CCN(c2ccc(Br)cc2CC(C)N)CC1. The molecule has 1 aromatic rings. The van der Waals surface area contributed by atoms with Crippen LogP contribution in [0.5, 0.6) is 0 Å². The Morgan fingerprint density at radius 2 is 2.10 bits per heavy atom. The lowest BCUT2D eigenvalue weighted by Crippen LogP contribution is -2.36. The van der Waals surface area contributed by atoms with Gasteiger partial charge in [-0.15, -0.1) is 0 Å². The second-order valence-electron chi connectivity index (χ2n) is 5.84. The smallest absolute Gasteiger partial charge is 0.0491 e. The minimum Gasteiger partial charge on any atom is -0.384 e. The van der Waals surface area contributed by atoms with Crippen molar-refractivity contribution in [3.8, 4) is 0 Å². The van der Waals surface area contributed by atoms with Crippen molar-refractivity contribution in [2.75, 3.05) is 31.7 Å². The van der Waals surface area contributed by atoms with Gasteiger partial charge in [0.05, 0.1) is 0 Å². The maximum absolute atomic E-state index is 5.98. The first-order valence-corrected chi connectivity index (χ1v) is 8.17. The van der Waals surface area contributed by atoms with Crippen LogP contribution in [0.4, 0.5) is 5.69 Å². The van der Waals surface area contributed by atoms with Crippen LogP contribution in [-0.4, -0.2) is 32.8 Å². The summed E-state index contributed by atoms with van der Waals surface area (Å²) in [5.74, 6) is 0.712. The second-order valence-corrected chi connectivity index (χ2v) is 6.76. The maximum Gasteiger partial charge on any atom is 0.0491 e. The topological polar surface area (TPSA) is 38.5 Å². The Kier molecular flexibility index (Phi) is 5.87. The molecule has 0 saturated carbocycles. The summed E-state index contributed by atoms with van der Waals surface area (Å²) in [5.41, 5.74) is 8.68. The molecule has 1 atom stereocenters. The van der Waals surface area contributed by atoms with E-state index >= 15 is 0 Å². The molecule has 1 fully saturated rings. The molecular weight excluding hydrogens is 316 g/mol. The number of hydrogen-bond acceptors (Lipinski definition) is 3. The Labute approximate surface area is 130 Å². The van der Waals surface area contributed by atoms with Crippen molar-refractivity contribution in [3.05, 3.63) is 28.2 Å². The minimum absolute atomic E-state index is 0.189. The number of ether oxygens (including phenoxy) is 1. The van der Waals surface area contributed by atoms with Crippen LogP contribution >= 0.6 is 15.9 Å². The molecule has 0 radical (unpaired) electrons. The highest BCUT2D eigenvalue weighted by molar-refractivity contribution is 9.10. The highest BCUT2D eigenvalue weighted by Gasteiger charge is 2.21. The summed E-state index contributed by atoms with van der Waals surface area (Å²) >= 11 is 3.56. The van der Waals surface area contributed by atoms with Crippen molar-refractivity contribution < 1.29 is 4.74 Å². The predicted octanol–water partition coefficient (Wildman–Crippen LogP) is 3.20. The maximum atomic E-state index is 5.98. The molecule has 1 aromatic carbocycles. The van der Waals surface area contributed by atoms with Crippen LogP contribution in [0.15, 0.2) is 22.7 Å². The fourth-order valence-corrected chi connectivity index (χ4v) is 3.36. The summed E-state index contributed by atoms with van der Waals surface area (Å²) in [6, 6.07) is 6.74. The van der Waals surface area contributed by atoms with Gasteiger partial charge >= 0.3 is 0 Å². The molecule has 0 aromatic heterocycles. The fourth-order valence-electron chi connectivity index (χ4n) is 2.95. The van der Waals surface area contributed by atoms with Gasteiger partial charge < -0.3 is 15.4 Å². The molecule has 112 valence electrons. The predicted molar refractivity (Wildman–Crippen MR) is 88.3 cm³/mol. The molecule has 0 spiro atoms. The molecular formula is C16H25BrN2O. The average molecular weight is 341 g/mol. The fraction of sp³-hybridized carbons (Fsp3) is 0.625. The summed E-state index contributed by atoms with van der Waals surface area (Å²) in [5, 5.41) is 0. The summed E-state index contributed by atoms with van der Waals surface area (Å²) in [4.78, 5) is 2.50. The lowest BCUT2D eigenvalue weighted by Gasteiger charge is -2.35. The van der Waals surface area contributed by atoms with E-state index in [0.29, 0.717) is 5.92 Å². The van der Waals surface area contributed by atoms with Gasteiger partial charge in [0.15, 0.2) is 0 Å². The van der Waals surface area contributed by atoms with E-state index in [-0.39, 0.29) is 6.04 Å². The molecule has 2 rings (SSSR count). The van der Waals surface area contributed by atoms with Gasteiger partial charge in [-0.05, 0) is 55.9 Å². The van der Waals surface area contributed by atoms with Crippen molar-refractivity contribution in [1.29, 1.82) is 0 Å². The van der Waals surface area contributed by atoms with Crippen molar-refractivity contribution in [3.63, 3.8) is 0 Å². The van der Waals surface area contributed by atoms with Gasteiger partial charge in [-0.3, -0.25) is 0 Å². The van der Waals surface area contributed by atoms with Crippen molar-refractivity contribution in [1.82, 2.24) is 0 Å². The Hall–Kier alpha value is -0.580. The number of halogens is 1. The summed E-state index contributed by atoms with van der Waals surface area (Å²) in [6.45, 7) is 5.18. The molecule has 0 aliphatic carbocycles. The van der Waals surface area contributed by atoms with Crippen molar-refractivity contribution in [2.45, 2.75) is 32.2 Å². The summed E-state index contributed by atoms with van der Waals surface area (Å²) < 4.78 is 6.40. The first-order chi connectivity index (χ1) is 9.60. The van der Waals surface area contributed by atoms with E-state index < -0.39 is 0 Å². The van der Waals surface area contributed by atoms with Gasteiger partial charge in [-0.25, -0.2) is 0 Å². The van der Waals surface area contributed by atoms with Gasteiger partial charge in [0.1, 0.15) is 0 Å². The van der Waals surface area contributed by atoms with E-state index in [9.17, 15) is 0 Å². The number of piperidine rings is 1. The summed E-state index contributed by atoms with van der Waals surface area (Å²) in [7, 11) is 1.79. The van der Waals surface area contributed by atoms with Crippen LogP contribution < -0.4 is 10.6 Å². The number of nitrogens with two attached hydrogens (primary N) is 1. The first-order valence-electron chi connectivity index (χ1n) is 7.38. The third-order valence-corrected chi connectivity index (χ3v) is 4.43. The van der Waals surface area contributed by atoms with Gasteiger partial charge in [0.25, 0.3) is 0 Å². The monoisotopic (exact) mass is 340 g/mol. The van der Waals surface area contributed by atoms with E-state index in [1.165, 1.54) is 24.1 Å². The Balaban J connectivity index is 2.09. The number of rotatable bonds is 5. The Morgan fingerprint density at radius 1 is 1.40 bits per heavy atom. The van der Waals surface area contributed by atoms with Crippen LogP contribution in [0, 0.1) is 5.92 Å². The van der Waals surface area contributed by atoms with Gasteiger partial charge in [0.2, 0.25) is 0 Å². The molecule has 0 bridgehead atoms. The largest absolute Gasteiger partial charge is 0.384 e. The molecule has 0 amide bonds. The summed E-state index contributed by atoms with van der Waals surface area (Å²) in [6.07, 6.45) is 3.34. The number of nitrogens with zero attached hydrogens (tertiary/aromatic N) is 1. The Bertz CT molecular complexity index is 428. The van der Waals surface area contributed by atoms with Crippen LogP contribution in [0.2, 0.25) is 0 Å². The average Bonchev–Trinajstić information content (AvgIpc) is 2.40. The molecule has 20 heavy (non-hydrogen) atoms. The third-order valence-electron chi connectivity index (χ3n) is 3.94. The standard InChI is InChI=1S/C16H25BrN2O/c1-12(18)9-14-10-15(17)3-4-16(14)19-7-5-13(6-8-19)11-20-2/h3-4,10,12-13H,5-9,11,18H2,1-2H3. The van der Waals surface area contributed by atoms with Gasteiger partial charge in [-0.2, -0.15) is 0 Å². The molecule has 4 heteroatoms. The van der Waals surface area contributed by atoms with Crippen molar-refractivity contribution in [2.24, 2.45) is 11.7 Å². The number of hydrogen-bond donors (Lipinski definition) is 1. The van der Waals surface area contributed by atoms with Crippen LogP contribution in [0.3, 0.4) is 0 Å². The quantitative estimate of drug-likeness (QED) is 0.894. The highest BCUT2D eigenvalue weighted by Crippen LogP contribution is 2.29. The van der Waals surface area contributed by atoms with E-state index in [1.54, 1.807) is 7.11 Å². The molecule has 3 nitrogen and oxygen atoms in total. The number of benzene rings is 1.